The molecule has 1 aliphatic heterocycles. The van der Waals surface area contributed by atoms with Crippen LogP contribution in [0.3, 0.4) is 0 Å². The van der Waals surface area contributed by atoms with E-state index in [1.165, 1.54) is 6.33 Å². The third-order valence-electron chi connectivity index (χ3n) is 3.11. The number of nitrogens with zero attached hydrogens (tertiary/aromatic N) is 3. The molecule has 0 saturated carbocycles. The minimum absolute atomic E-state index is 0.0377. The summed E-state index contributed by atoms with van der Waals surface area (Å²) in [4.78, 5) is 19.5. The van der Waals surface area contributed by atoms with Gasteiger partial charge >= 0.3 is 0 Å². The Hall–Kier alpha value is -2.50. The highest BCUT2D eigenvalue weighted by Gasteiger charge is 2.14. The van der Waals surface area contributed by atoms with Crippen molar-refractivity contribution in [3.63, 3.8) is 0 Å². The van der Waals surface area contributed by atoms with E-state index in [0.717, 1.165) is 28.0 Å². The first-order valence-electron chi connectivity index (χ1n) is 6.06. The summed E-state index contributed by atoms with van der Waals surface area (Å²) in [6, 6.07) is 5.91. The van der Waals surface area contributed by atoms with Gasteiger partial charge in [0.25, 0.3) is 0 Å². The first kappa shape index (κ1) is 11.6. The van der Waals surface area contributed by atoms with Crippen LogP contribution in [0.5, 0.6) is 0 Å². The van der Waals surface area contributed by atoms with Gasteiger partial charge in [0.05, 0.1) is 11.2 Å². The molecule has 2 heterocycles. The minimum atomic E-state index is -0.0377. The number of nitrogens with one attached hydrogen (secondary N) is 2. The lowest BCUT2D eigenvalue weighted by Gasteiger charge is -2.12. The summed E-state index contributed by atoms with van der Waals surface area (Å²) in [6.07, 6.45) is 2.66. The summed E-state index contributed by atoms with van der Waals surface area (Å²) < 4.78 is 0. The van der Waals surface area contributed by atoms with Crippen LogP contribution in [0.2, 0.25) is 0 Å². The molecule has 0 bridgehead atoms. The Morgan fingerprint density at radius 3 is 2.89 bits per heavy atom. The Kier molecular flexibility index (Phi) is 2.83. The molecule has 2 N–H and O–H groups in total. The Labute approximate surface area is 109 Å². The maximum atomic E-state index is 11.1. The fourth-order valence-corrected chi connectivity index (χ4v) is 2.12. The average molecular weight is 255 g/mol. The van der Waals surface area contributed by atoms with Gasteiger partial charge in [0.2, 0.25) is 5.91 Å². The van der Waals surface area contributed by atoms with Crippen molar-refractivity contribution in [1.82, 2.24) is 15.4 Å². The zero-order valence-electron chi connectivity index (χ0n) is 10.5. The molecule has 2 aromatic rings. The molecular formula is C13H13N5O. The number of hydrogen-bond donors (Lipinski definition) is 2. The van der Waals surface area contributed by atoms with Crippen LogP contribution >= 0.6 is 0 Å². The van der Waals surface area contributed by atoms with Gasteiger partial charge in [0.15, 0.2) is 0 Å². The third kappa shape index (κ3) is 2.12. The number of rotatable bonds is 2. The van der Waals surface area contributed by atoms with Crippen molar-refractivity contribution in [3.8, 4) is 0 Å². The molecular weight excluding hydrogens is 242 g/mol. The van der Waals surface area contributed by atoms with Crippen LogP contribution in [-0.4, -0.2) is 28.6 Å². The topological polar surface area (TPSA) is 79.3 Å². The maximum absolute atomic E-state index is 11.1. The second-order valence-electron chi connectivity index (χ2n) is 4.30. The molecule has 0 unspecified atom stereocenters. The van der Waals surface area contributed by atoms with Crippen LogP contribution in [0.4, 0.5) is 5.82 Å². The van der Waals surface area contributed by atoms with Crippen molar-refractivity contribution < 1.29 is 4.79 Å². The highest BCUT2D eigenvalue weighted by Crippen LogP contribution is 2.21. The number of hydrazone groups is 1. The van der Waals surface area contributed by atoms with Gasteiger partial charge in [-0.15, -0.1) is 0 Å². The third-order valence-corrected chi connectivity index (χ3v) is 3.11. The SMILES string of the molecule is CNc1ncnc2cc(C3=NNC(=O)CC3)ccc12. The van der Waals surface area contributed by atoms with Crippen LogP contribution in [0, 0.1) is 0 Å². The van der Waals surface area contributed by atoms with E-state index >= 15 is 0 Å². The van der Waals surface area contributed by atoms with Crippen LogP contribution < -0.4 is 10.7 Å². The molecule has 1 amide bonds. The van der Waals surface area contributed by atoms with Gasteiger partial charge in [0.1, 0.15) is 12.1 Å². The molecule has 0 radical (unpaired) electrons. The number of amides is 1. The summed E-state index contributed by atoms with van der Waals surface area (Å²) in [6.45, 7) is 0. The van der Waals surface area contributed by atoms with Crippen LogP contribution in [0.15, 0.2) is 29.6 Å². The van der Waals surface area contributed by atoms with Crippen LogP contribution in [0.25, 0.3) is 10.9 Å². The molecule has 1 aromatic carbocycles. The molecule has 19 heavy (non-hydrogen) atoms. The summed E-state index contributed by atoms with van der Waals surface area (Å²) >= 11 is 0. The molecule has 6 heteroatoms. The molecule has 0 spiro atoms. The zero-order valence-corrected chi connectivity index (χ0v) is 10.5. The fourth-order valence-electron chi connectivity index (χ4n) is 2.12. The summed E-state index contributed by atoms with van der Waals surface area (Å²) in [7, 11) is 1.83. The predicted octanol–water partition coefficient (Wildman–Crippen LogP) is 1.29. The van der Waals surface area contributed by atoms with Crippen molar-refractivity contribution in [2.75, 3.05) is 12.4 Å². The minimum Gasteiger partial charge on any atom is -0.373 e. The predicted molar refractivity (Wildman–Crippen MR) is 73.0 cm³/mol. The summed E-state index contributed by atoms with van der Waals surface area (Å²) in [5, 5.41) is 8.09. The lowest BCUT2D eigenvalue weighted by atomic mass is 10.0. The number of benzene rings is 1. The van der Waals surface area contributed by atoms with Gasteiger partial charge in [-0.2, -0.15) is 5.10 Å². The van der Waals surface area contributed by atoms with Gasteiger partial charge in [-0.3, -0.25) is 4.79 Å². The van der Waals surface area contributed by atoms with Gasteiger partial charge in [0, 0.05) is 25.3 Å². The van der Waals surface area contributed by atoms with Gasteiger partial charge in [-0.05, 0) is 17.7 Å². The van der Waals surface area contributed by atoms with Crippen molar-refractivity contribution in [2.24, 2.45) is 5.10 Å². The van der Waals surface area contributed by atoms with E-state index in [1.54, 1.807) is 0 Å². The van der Waals surface area contributed by atoms with E-state index in [4.69, 9.17) is 0 Å². The number of fused-ring (bicyclic) bond motifs is 1. The monoisotopic (exact) mass is 255 g/mol. The molecule has 0 atom stereocenters. The first-order chi connectivity index (χ1) is 9.28. The van der Waals surface area contributed by atoms with E-state index in [2.05, 4.69) is 25.8 Å². The number of aromatic nitrogens is 2. The lowest BCUT2D eigenvalue weighted by molar-refractivity contribution is -0.121. The molecule has 0 aliphatic carbocycles. The molecule has 1 aromatic heterocycles. The quantitative estimate of drug-likeness (QED) is 0.847. The highest BCUT2D eigenvalue weighted by molar-refractivity contribution is 6.06. The summed E-state index contributed by atoms with van der Waals surface area (Å²) in [5.41, 5.74) is 5.22. The lowest BCUT2D eigenvalue weighted by Crippen LogP contribution is -2.25. The fraction of sp³-hybridized carbons (Fsp3) is 0.231. The molecule has 1 aliphatic rings. The largest absolute Gasteiger partial charge is 0.373 e. The van der Waals surface area contributed by atoms with Crippen molar-refractivity contribution >= 4 is 28.3 Å². The first-order valence-corrected chi connectivity index (χ1v) is 6.06. The second-order valence-corrected chi connectivity index (χ2v) is 4.30. The number of carbonyl (C=O) groups is 1. The van der Waals surface area contributed by atoms with Crippen molar-refractivity contribution in [2.45, 2.75) is 12.8 Å². The Balaban J connectivity index is 2.05. The van der Waals surface area contributed by atoms with Gasteiger partial charge < -0.3 is 5.32 Å². The van der Waals surface area contributed by atoms with E-state index in [9.17, 15) is 4.79 Å². The van der Waals surface area contributed by atoms with E-state index in [1.807, 2.05) is 25.2 Å². The van der Waals surface area contributed by atoms with Gasteiger partial charge in [-0.1, -0.05) is 6.07 Å². The molecule has 3 rings (SSSR count). The summed E-state index contributed by atoms with van der Waals surface area (Å²) in [5.74, 6) is 0.764. The Morgan fingerprint density at radius 2 is 2.16 bits per heavy atom. The normalized spacial score (nSPS) is 15.0. The van der Waals surface area contributed by atoms with E-state index in [-0.39, 0.29) is 5.91 Å². The molecule has 0 fully saturated rings. The molecule has 96 valence electrons. The van der Waals surface area contributed by atoms with Crippen molar-refractivity contribution in [1.29, 1.82) is 0 Å². The smallest absolute Gasteiger partial charge is 0.240 e. The average Bonchev–Trinajstić information content (AvgIpc) is 2.47. The Bertz CT molecular complexity index is 680. The van der Waals surface area contributed by atoms with Crippen LogP contribution in [-0.2, 0) is 4.79 Å². The number of anilines is 1. The van der Waals surface area contributed by atoms with Crippen LogP contribution in [0.1, 0.15) is 18.4 Å². The number of hydrogen-bond acceptors (Lipinski definition) is 5. The molecule has 6 nitrogen and oxygen atoms in total. The van der Waals surface area contributed by atoms with Crippen molar-refractivity contribution in [3.05, 3.63) is 30.1 Å². The molecule has 0 saturated heterocycles. The van der Waals surface area contributed by atoms with E-state index < -0.39 is 0 Å². The second kappa shape index (κ2) is 4.64. The standard InChI is InChI=1S/C13H13N5O/c1-14-13-9-3-2-8(6-11(9)15-7-16-13)10-4-5-12(19)18-17-10/h2-3,6-7H,4-5H2,1H3,(H,18,19)(H,14,15,16). The van der Waals surface area contributed by atoms with Gasteiger partial charge in [-0.25, -0.2) is 15.4 Å². The zero-order chi connectivity index (χ0) is 13.2. The number of carbonyl (C=O) groups excluding carboxylic acids is 1. The highest BCUT2D eigenvalue weighted by atomic mass is 16.2. The van der Waals surface area contributed by atoms with E-state index in [0.29, 0.717) is 12.8 Å². The Morgan fingerprint density at radius 1 is 1.26 bits per heavy atom. The maximum Gasteiger partial charge on any atom is 0.240 e.